The first kappa shape index (κ1) is 13.4. The van der Waals surface area contributed by atoms with Crippen LogP contribution in [-0.2, 0) is 4.79 Å². The van der Waals surface area contributed by atoms with Crippen LogP contribution < -0.4 is 9.64 Å². The van der Waals surface area contributed by atoms with Crippen molar-refractivity contribution < 1.29 is 13.9 Å². The number of anilines is 1. The molecule has 2 rings (SSSR count). The van der Waals surface area contributed by atoms with Gasteiger partial charge < -0.3 is 9.64 Å². The molecule has 0 saturated carbocycles. The van der Waals surface area contributed by atoms with Crippen molar-refractivity contribution in [1.29, 1.82) is 0 Å². The van der Waals surface area contributed by atoms with E-state index >= 15 is 0 Å². The Kier molecular flexibility index (Phi) is 4.04. The Morgan fingerprint density at radius 1 is 1.63 bits per heavy atom. The zero-order chi connectivity index (χ0) is 13.8. The van der Waals surface area contributed by atoms with Crippen LogP contribution in [0.3, 0.4) is 0 Å². The van der Waals surface area contributed by atoms with Crippen molar-refractivity contribution >= 4 is 34.7 Å². The topological polar surface area (TPSA) is 41.9 Å². The third kappa shape index (κ3) is 2.70. The van der Waals surface area contributed by atoms with Crippen LogP contribution in [0.25, 0.3) is 0 Å². The Morgan fingerprint density at radius 2 is 2.42 bits per heavy atom. The number of rotatable bonds is 3. The summed E-state index contributed by atoms with van der Waals surface area (Å²) in [7, 11) is 0. The normalized spacial score (nSPS) is 14.0. The number of isothiocyanates is 1. The maximum absolute atomic E-state index is 13.7. The van der Waals surface area contributed by atoms with Crippen LogP contribution >= 0.6 is 12.2 Å². The molecule has 1 aromatic carbocycles. The van der Waals surface area contributed by atoms with Gasteiger partial charge >= 0.3 is 0 Å². The van der Waals surface area contributed by atoms with Gasteiger partial charge in [-0.25, -0.2) is 4.39 Å². The number of carbonyl (C=O) groups is 1. The lowest BCUT2D eigenvalue weighted by molar-refractivity contribution is -0.121. The first-order valence-corrected chi connectivity index (χ1v) is 6.04. The average Bonchev–Trinajstić information content (AvgIpc) is 2.39. The summed E-state index contributed by atoms with van der Waals surface area (Å²) in [5, 5.41) is 2.11. The Bertz CT molecular complexity index is 595. The standard InChI is InChI=1S/C13H11FN2O2S/c1-2-3-4-16-11-6-10(15-8-19)9(14)5-12(11)18-7-13(16)17/h2-3,5-6H,4,7H2,1H3/b3-2+. The quantitative estimate of drug-likeness (QED) is 0.485. The Morgan fingerprint density at radius 3 is 3.11 bits per heavy atom. The zero-order valence-corrected chi connectivity index (χ0v) is 11.0. The molecule has 6 heteroatoms. The zero-order valence-electron chi connectivity index (χ0n) is 10.2. The molecule has 0 spiro atoms. The van der Waals surface area contributed by atoms with Gasteiger partial charge in [0.15, 0.2) is 12.4 Å². The fraction of sp³-hybridized carbons (Fsp3) is 0.231. The lowest BCUT2D eigenvalue weighted by Gasteiger charge is -2.28. The summed E-state index contributed by atoms with van der Waals surface area (Å²) >= 11 is 4.46. The molecule has 1 aliphatic heterocycles. The number of carbonyl (C=O) groups excluding carboxylic acids is 1. The molecule has 1 amide bonds. The van der Waals surface area contributed by atoms with E-state index in [2.05, 4.69) is 22.4 Å². The summed E-state index contributed by atoms with van der Waals surface area (Å²) in [5.74, 6) is -0.421. The van der Waals surface area contributed by atoms with Gasteiger partial charge in [0.05, 0.1) is 10.8 Å². The van der Waals surface area contributed by atoms with Crippen molar-refractivity contribution in [2.24, 2.45) is 4.99 Å². The van der Waals surface area contributed by atoms with E-state index in [9.17, 15) is 9.18 Å². The van der Waals surface area contributed by atoms with Crippen LogP contribution in [0.5, 0.6) is 5.75 Å². The predicted octanol–water partition coefficient (Wildman–Crippen LogP) is 2.86. The first-order valence-electron chi connectivity index (χ1n) is 5.63. The first-order chi connectivity index (χ1) is 9.17. The highest BCUT2D eigenvalue weighted by atomic mass is 32.1. The molecule has 0 fully saturated rings. The number of hydrogen-bond donors (Lipinski definition) is 0. The number of amides is 1. The molecule has 0 saturated heterocycles. The number of fused-ring (bicyclic) bond motifs is 1. The largest absolute Gasteiger partial charge is 0.481 e. The number of benzene rings is 1. The Hall–Kier alpha value is -2.04. The fourth-order valence-electron chi connectivity index (χ4n) is 1.76. The summed E-state index contributed by atoms with van der Waals surface area (Å²) in [5.41, 5.74) is 0.525. The van der Waals surface area contributed by atoms with E-state index in [4.69, 9.17) is 4.74 Å². The highest BCUT2D eigenvalue weighted by Gasteiger charge is 2.26. The number of nitrogens with zero attached hydrogens (tertiary/aromatic N) is 2. The van der Waals surface area contributed by atoms with E-state index in [0.717, 1.165) is 0 Å². The van der Waals surface area contributed by atoms with Gasteiger partial charge in [0.2, 0.25) is 0 Å². The second-order valence-electron chi connectivity index (χ2n) is 3.84. The molecular weight excluding hydrogens is 267 g/mol. The fourth-order valence-corrected chi connectivity index (χ4v) is 1.86. The molecule has 0 bridgehead atoms. The number of ether oxygens (including phenoxy) is 1. The van der Waals surface area contributed by atoms with Crippen LogP contribution in [0.15, 0.2) is 29.3 Å². The maximum atomic E-state index is 13.7. The second kappa shape index (κ2) is 5.73. The van der Waals surface area contributed by atoms with Crippen molar-refractivity contribution in [1.82, 2.24) is 0 Å². The van der Waals surface area contributed by atoms with E-state index < -0.39 is 5.82 Å². The van der Waals surface area contributed by atoms with Crippen LogP contribution in [0.1, 0.15) is 6.92 Å². The smallest absolute Gasteiger partial charge is 0.265 e. The predicted molar refractivity (Wildman–Crippen MR) is 73.7 cm³/mol. The lowest BCUT2D eigenvalue weighted by atomic mass is 10.2. The number of thiocarbonyl (C=S) groups is 1. The molecule has 1 heterocycles. The number of allylic oxidation sites excluding steroid dienone is 1. The summed E-state index contributed by atoms with van der Waals surface area (Å²) in [6.07, 6.45) is 3.67. The molecule has 0 aromatic heterocycles. The van der Waals surface area contributed by atoms with E-state index in [-0.39, 0.29) is 18.2 Å². The molecule has 1 aromatic rings. The van der Waals surface area contributed by atoms with Crippen molar-refractivity contribution in [3.05, 3.63) is 30.1 Å². The average molecular weight is 278 g/mol. The molecule has 98 valence electrons. The maximum Gasteiger partial charge on any atom is 0.265 e. The minimum absolute atomic E-state index is 0.0394. The number of aliphatic imine (C=N–C) groups is 1. The highest BCUT2D eigenvalue weighted by Crippen LogP contribution is 2.37. The third-order valence-corrected chi connectivity index (χ3v) is 2.75. The molecule has 0 atom stereocenters. The van der Waals surface area contributed by atoms with Crippen molar-refractivity contribution in [3.63, 3.8) is 0 Å². The van der Waals surface area contributed by atoms with Crippen LogP contribution in [0.2, 0.25) is 0 Å². The summed E-state index contributed by atoms with van der Waals surface area (Å²) < 4.78 is 18.9. The minimum atomic E-state index is -0.559. The van der Waals surface area contributed by atoms with Gasteiger partial charge in [0.25, 0.3) is 5.91 Å². The van der Waals surface area contributed by atoms with Crippen LogP contribution in [-0.4, -0.2) is 24.2 Å². The summed E-state index contributed by atoms with van der Waals surface area (Å²) in [4.78, 5) is 17.0. The molecule has 1 aliphatic rings. The van der Waals surface area contributed by atoms with Crippen molar-refractivity contribution in [3.8, 4) is 5.75 Å². The van der Waals surface area contributed by atoms with Gasteiger partial charge in [0.1, 0.15) is 11.4 Å². The van der Waals surface area contributed by atoms with E-state index in [0.29, 0.717) is 18.0 Å². The van der Waals surface area contributed by atoms with Crippen molar-refractivity contribution in [2.45, 2.75) is 6.92 Å². The third-order valence-electron chi connectivity index (χ3n) is 2.66. The van der Waals surface area contributed by atoms with Gasteiger partial charge in [-0.1, -0.05) is 12.2 Å². The van der Waals surface area contributed by atoms with E-state index in [1.165, 1.54) is 17.0 Å². The molecule has 0 N–H and O–H groups in total. The summed E-state index contributed by atoms with van der Waals surface area (Å²) in [6, 6.07) is 2.64. The number of hydrogen-bond acceptors (Lipinski definition) is 4. The molecule has 4 nitrogen and oxygen atoms in total. The van der Waals surface area contributed by atoms with Gasteiger partial charge in [-0.3, -0.25) is 4.79 Å². The molecule has 19 heavy (non-hydrogen) atoms. The Labute approximate surface area is 115 Å². The van der Waals surface area contributed by atoms with E-state index in [1.807, 2.05) is 19.1 Å². The lowest BCUT2D eigenvalue weighted by Crippen LogP contribution is -2.38. The molecule has 0 unspecified atom stereocenters. The molecule has 0 radical (unpaired) electrons. The van der Waals surface area contributed by atoms with Crippen LogP contribution in [0.4, 0.5) is 15.8 Å². The summed E-state index contributed by atoms with van der Waals surface area (Å²) in [6.45, 7) is 2.16. The van der Waals surface area contributed by atoms with E-state index in [1.54, 1.807) is 0 Å². The van der Waals surface area contributed by atoms with Gasteiger partial charge in [-0.2, -0.15) is 4.99 Å². The van der Waals surface area contributed by atoms with Gasteiger partial charge in [-0.05, 0) is 25.2 Å². The molecular formula is C13H11FN2O2S. The Balaban J connectivity index is 2.50. The van der Waals surface area contributed by atoms with Gasteiger partial charge in [-0.15, -0.1) is 0 Å². The monoisotopic (exact) mass is 278 g/mol. The SMILES string of the molecule is C/C=C/CN1C(=O)COc2cc(F)c(N=C=S)cc21. The highest BCUT2D eigenvalue weighted by molar-refractivity contribution is 7.78. The number of halogens is 1. The molecule has 0 aliphatic carbocycles. The second-order valence-corrected chi connectivity index (χ2v) is 4.02. The minimum Gasteiger partial charge on any atom is -0.481 e. The van der Waals surface area contributed by atoms with Crippen molar-refractivity contribution in [2.75, 3.05) is 18.1 Å². The van der Waals surface area contributed by atoms with Crippen LogP contribution in [0, 0.1) is 5.82 Å². The van der Waals surface area contributed by atoms with Gasteiger partial charge in [0, 0.05) is 12.6 Å².